The summed E-state index contributed by atoms with van der Waals surface area (Å²) >= 11 is 3.53. The molecule has 0 unspecified atom stereocenters. The van der Waals surface area contributed by atoms with Gasteiger partial charge in [0.15, 0.2) is 0 Å². The van der Waals surface area contributed by atoms with Crippen molar-refractivity contribution in [2.24, 2.45) is 0 Å². The number of furan rings is 2. The van der Waals surface area contributed by atoms with Gasteiger partial charge in [0.05, 0.1) is 23.3 Å². The third kappa shape index (κ3) is 6.29. The van der Waals surface area contributed by atoms with Crippen molar-refractivity contribution in [1.29, 1.82) is 10.5 Å². The molecule has 0 saturated carbocycles. The van der Waals surface area contributed by atoms with Gasteiger partial charge in [0.1, 0.15) is 22.3 Å². The first-order valence-electron chi connectivity index (χ1n) is 22.9. The number of nitriles is 2. The fraction of sp³-hybridized carbons (Fsp3) is 0. The average molecular weight is 931 g/mol. The van der Waals surface area contributed by atoms with Crippen molar-refractivity contribution in [2.75, 3.05) is 9.80 Å². The molecule has 326 valence electrons. The Morgan fingerprint density at radius 1 is 0.329 bits per heavy atom. The maximum atomic E-state index is 9.63. The van der Waals surface area contributed by atoms with E-state index in [2.05, 4.69) is 180 Å². The van der Waals surface area contributed by atoms with Gasteiger partial charge in [0, 0.05) is 96.0 Å². The summed E-state index contributed by atoms with van der Waals surface area (Å²) in [4.78, 5) is 4.62. The Labute approximate surface area is 408 Å². The van der Waals surface area contributed by atoms with E-state index in [-0.39, 0.29) is 0 Å². The fourth-order valence-corrected chi connectivity index (χ4v) is 12.4. The topological polar surface area (TPSA) is 80.3 Å². The molecular formula is C62H34N4O2S2. The van der Waals surface area contributed by atoms with Crippen LogP contribution in [0.3, 0.4) is 0 Å². The molecule has 6 nitrogen and oxygen atoms in total. The largest absolute Gasteiger partial charge is 0.455 e. The number of para-hydroxylation sites is 2. The maximum absolute atomic E-state index is 9.63. The highest BCUT2D eigenvalue weighted by Gasteiger charge is 2.21. The first kappa shape index (κ1) is 39.9. The van der Waals surface area contributed by atoms with Crippen LogP contribution in [0, 0.1) is 22.7 Å². The van der Waals surface area contributed by atoms with Gasteiger partial charge in [-0.05, 0) is 157 Å². The SMILES string of the molecule is N#Cc1ccc2oc3c(ccc4sc5ccc(N(c6ccccc6)c6ccc(-c7ccc(N(c8ccccc8)c8ccc9sc%10ccc%11c%12cc(C#N)ccc%12oc%11c%10c9c8)cc7)cc6)cc5c43)c2c1. The molecule has 70 heavy (non-hydrogen) atoms. The third-order valence-corrected chi connectivity index (χ3v) is 15.8. The average Bonchev–Trinajstić information content (AvgIpc) is 4.19. The van der Waals surface area contributed by atoms with Crippen LogP contribution in [0.4, 0.5) is 34.1 Å². The van der Waals surface area contributed by atoms with Crippen LogP contribution in [-0.4, -0.2) is 0 Å². The van der Waals surface area contributed by atoms with Crippen molar-refractivity contribution in [1.82, 2.24) is 0 Å². The van der Waals surface area contributed by atoms with Crippen LogP contribution in [0.2, 0.25) is 0 Å². The van der Waals surface area contributed by atoms with Crippen LogP contribution in [0.25, 0.3) is 95.3 Å². The Bertz CT molecular complexity index is 4210. The molecule has 0 N–H and O–H groups in total. The fourth-order valence-electron chi connectivity index (χ4n) is 10.2. The van der Waals surface area contributed by atoms with E-state index in [0.717, 1.165) is 120 Å². The third-order valence-electron chi connectivity index (χ3n) is 13.5. The van der Waals surface area contributed by atoms with Crippen LogP contribution in [0.5, 0.6) is 0 Å². The lowest BCUT2D eigenvalue weighted by atomic mass is 10.0. The van der Waals surface area contributed by atoms with E-state index < -0.39 is 0 Å². The van der Waals surface area contributed by atoms with Crippen molar-refractivity contribution >= 4 is 141 Å². The molecule has 8 heteroatoms. The molecule has 0 amide bonds. The lowest BCUT2D eigenvalue weighted by molar-refractivity contribution is 0.672. The zero-order valence-corrected chi connectivity index (χ0v) is 38.7. The summed E-state index contributed by atoms with van der Waals surface area (Å²) in [6.45, 7) is 0. The first-order chi connectivity index (χ1) is 34.6. The summed E-state index contributed by atoms with van der Waals surface area (Å²) in [5.41, 5.74) is 13.0. The number of hydrogen-bond donors (Lipinski definition) is 0. The summed E-state index contributed by atoms with van der Waals surface area (Å²) in [6.07, 6.45) is 0. The normalized spacial score (nSPS) is 11.7. The standard InChI is InChI=1S/C62H34N4O2S2/c63-35-37-11-25-53-49(31-37)47-23-29-57-59(61(47)67-53)51-33-45(21-27-55(51)69-57)65(41-7-3-1-4-8-41)43-17-13-39(14-18-43)40-15-19-44(20-16-40)66(42-9-5-2-6-10-42)46-22-28-56-52(34-46)60-58(70-56)30-24-48-50-32-38(36-64)12-26-54(50)68-62(48)60/h1-34H. The number of fused-ring (bicyclic) bond motifs is 14. The smallest absolute Gasteiger partial charge is 0.144 e. The van der Waals surface area contributed by atoms with E-state index in [9.17, 15) is 10.5 Å². The van der Waals surface area contributed by atoms with Crippen LogP contribution in [0.15, 0.2) is 215 Å². The molecule has 0 atom stereocenters. The molecule has 0 saturated heterocycles. The van der Waals surface area contributed by atoms with Gasteiger partial charge in [-0.15, -0.1) is 22.7 Å². The van der Waals surface area contributed by atoms with Gasteiger partial charge in [-0.2, -0.15) is 10.5 Å². The van der Waals surface area contributed by atoms with Gasteiger partial charge in [-0.1, -0.05) is 60.7 Å². The molecule has 10 aromatic carbocycles. The lowest BCUT2D eigenvalue weighted by Gasteiger charge is -2.26. The van der Waals surface area contributed by atoms with Crippen molar-refractivity contribution in [3.05, 3.63) is 217 Å². The first-order valence-corrected chi connectivity index (χ1v) is 24.5. The molecule has 0 spiro atoms. The van der Waals surface area contributed by atoms with E-state index in [1.54, 1.807) is 22.7 Å². The molecule has 14 rings (SSSR count). The van der Waals surface area contributed by atoms with E-state index in [1.807, 2.05) is 48.5 Å². The molecule has 0 radical (unpaired) electrons. The summed E-state index contributed by atoms with van der Waals surface area (Å²) < 4.78 is 17.8. The van der Waals surface area contributed by atoms with Gasteiger partial charge < -0.3 is 18.6 Å². The second-order valence-corrected chi connectivity index (χ2v) is 19.6. The zero-order valence-electron chi connectivity index (χ0n) is 37.1. The minimum atomic E-state index is 0.617. The summed E-state index contributed by atoms with van der Waals surface area (Å²) in [5.74, 6) is 0. The molecule has 0 bridgehead atoms. The van der Waals surface area contributed by atoms with Gasteiger partial charge in [-0.3, -0.25) is 0 Å². The number of thiophene rings is 2. The van der Waals surface area contributed by atoms with Crippen LogP contribution in [0.1, 0.15) is 11.1 Å². The van der Waals surface area contributed by atoms with Crippen molar-refractivity contribution in [3.8, 4) is 23.3 Å². The van der Waals surface area contributed by atoms with Gasteiger partial charge in [0.2, 0.25) is 0 Å². The quantitative estimate of drug-likeness (QED) is 0.158. The van der Waals surface area contributed by atoms with E-state index >= 15 is 0 Å². The zero-order chi connectivity index (χ0) is 46.5. The Hall–Kier alpha value is -9.18. The van der Waals surface area contributed by atoms with Crippen molar-refractivity contribution < 1.29 is 8.83 Å². The molecule has 0 fully saturated rings. The van der Waals surface area contributed by atoms with E-state index in [0.29, 0.717) is 11.1 Å². The lowest BCUT2D eigenvalue weighted by Crippen LogP contribution is -2.10. The minimum absolute atomic E-state index is 0.617. The predicted octanol–water partition coefficient (Wildman–Crippen LogP) is 18.6. The van der Waals surface area contributed by atoms with Crippen LogP contribution >= 0.6 is 22.7 Å². The second-order valence-electron chi connectivity index (χ2n) is 17.5. The van der Waals surface area contributed by atoms with Gasteiger partial charge in [-0.25, -0.2) is 0 Å². The number of hydrogen-bond acceptors (Lipinski definition) is 8. The highest BCUT2D eigenvalue weighted by Crippen LogP contribution is 2.47. The monoisotopic (exact) mass is 930 g/mol. The number of nitrogens with zero attached hydrogens (tertiary/aromatic N) is 4. The minimum Gasteiger partial charge on any atom is -0.455 e. The predicted molar refractivity (Wildman–Crippen MR) is 291 cm³/mol. The van der Waals surface area contributed by atoms with E-state index in [4.69, 9.17) is 8.83 Å². The molecule has 4 aromatic heterocycles. The Morgan fingerprint density at radius 2 is 0.714 bits per heavy atom. The van der Waals surface area contributed by atoms with Crippen LogP contribution < -0.4 is 9.80 Å². The molecule has 4 heterocycles. The van der Waals surface area contributed by atoms with Gasteiger partial charge >= 0.3 is 0 Å². The summed E-state index contributed by atoms with van der Waals surface area (Å²) in [5, 5.41) is 27.6. The van der Waals surface area contributed by atoms with Gasteiger partial charge in [0.25, 0.3) is 0 Å². The maximum Gasteiger partial charge on any atom is 0.144 e. The molecular weight excluding hydrogens is 897 g/mol. The molecule has 0 aliphatic carbocycles. The second kappa shape index (κ2) is 15.7. The number of anilines is 6. The summed E-state index contributed by atoms with van der Waals surface area (Å²) in [7, 11) is 0. The highest BCUT2D eigenvalue weighted by atomic mass is 32.1. The number of benzene rings is 10. The van der Waals surface area contributed by atoms with Crippen molar-refractivity contribution in [2.45, 2.75) is 0 Å². The molecule has 0 aliphatic heterocycles. The van der Waals surface area contributed by atoms with Crippen molar-refractivity contribution in [3.63, 3.8) is 0 Å². The Morgan fingerprint density at radius 3 is 1.13 bits per heavy atom. The van der Waals surface area contributed by atoms with Crippen LogP contribution in [-0.2, 0) is 0 Å². The number of rotatable bonds is 7. The highest BCUT2D eigenvalue weighted by molar-refractivity contribution is 7.26. The Balaban J connectivity index is 0.826. The molecule has 14 aromatic rings. The molecule has 0 aliphatic rings. The summed E-state index contributed by atoms with van der Waals surface area (Å²) in [6, 6.07) is 76.5. The van der Waals surface area contributed by atoms with E-state index in [1.165, 1.54) is 9.40 Å². The Kier molecular flexibility index (Phi) is 8.96.